The molecule has 18 heteroatoms. The molecule has 0 aliphatic rings. The van der Waals surface area contributed by atoms with E-state index in [9.17, 15) is 0 Å². The van der Waals surface area contributed by atoms with Crippen LogP contribution < -0.4 is 0 Å². The second kappa shape index (κ2) is 75.0. The van der Waals surface area contributed by atoms with Gasteiger partial charge in [-0.25, -0.2) is 0 Å². The van der Waals surface area contributed by atoms with Crippen molar-refractivity contribution in [2.24, 2.45) is 5.92 Å². The van der Waals surface area contributed by atoms with Gasteiger partial charge in [-0.2, -0.15) is 0 Å². The van der Waals surface area contributed by atoms with Crippen molar-refractivity contribution in [3.63, 3.8) is 0 Å². The quantitative estimate of drug-likeness (QED) is 0.0344. The standard InChI is InChI=1S/C23H42O2P6.2C22H37O2P3/c1-4-6-10-18-23(25-31(28)29)20-14-9-12-17-21(3)16-11-7-8-13-19-22(15-5-2)24-30(26)27;1-3-5-14-19-22(24-27-26)20-16-13-11-9-7-6-8-10-12-15-18-21(23-25)17-4-2;1-3-5-7-14-17-21(23-25)18-15-11-9-8-10-12-16-20-22(24-27-26)19-13-6-4-2/h6-14,16,19-23H,4-5,15,17-18,26-29H2,1-3H3;5-7,10-16,18,20-22,27H,3-4,8-9,17,19,25-26H2,1-2H3;6-7,9-16,18,20-22,27H,3-5,8,17,19,25-26H2,1-2H3/b8-7+,10-6-,12-9-,16-11+,19-13+,20-14+;7-6-,12-10-,13-11-,14-5-,18-15+,20-16+;11-9-,12-10-,13-6-,14-7-,18-15+,20-16+. The summed E-state index contributed by atoms with van der Waals surface area (Å²) in [6.45, 7) is 15.2. The lowest BCUT2D eigenvalue weighted by molar-refractivity contribution is 0.275. The van der Waals surface area contributed by atoms with E-state index in [4.69, 9.17) is 27.1 Å². The second-order valence-corrected chi connectivity index (χ2v) is 33.4. The minimum atomic E-state index is -0.521. The van der Waals surface area contributed by atoms with Gasteiger partial charge in [0, 0.05) is 35.9 Å². The summed E-state index contributed by atoms with van der Waals surface area (Å²) in [5.41, 5.74) is 0. The Morgan fingerprint density at radius 2 is 0.694 bits per heavy atom. The highest BCUT2D eigenvalue weighted by Gasteiger charge is 2.07. The van der Waals surface area contributed by atoms with Crippen LogP contribution in [0.4, 0.5) is 0 Å². The van der Waals surface area contributed by atoms with E-state index in [1.807, 2.05) is 0 Å². The molecule has 0 saturated heterocycles. The molecule has 6 nitrogen and oxygen atoms in total. The minimum absolute atomic E-state index is 0.113. The van der Waals surface area contributed by atoms with Gasteiger partial charge in [0.2, 0.25) is 0 Å². The zero-order valence-corrected chi connectivity index (χ0v) is 65.8. The Morgan fingerprint density at radius 3 is 1.13 bits per heavy atom. The van der Waals surface area contributed by atoms with Crippen LogP contribution in [-0.4, -0.2) is 36.6 Å². The van der Waals surface area contributed by atoms with E-state index in [0.717, 1.165) is 103 Å². The van der Waals surface area contributed by atoms with Gasteiger partial charge in [-0.15, -0.1) is 0 Å². The first kappa shape index (κ1) is 89.4. The highest BCUT2D eigenvalue weighted by atomic mass is 32.4. The molecule has 0 fully saturated rings. The van der Waals surface area contributed by atoms with Crippen LogP contribution in [0.25, 0.3) is 0 Å². The van der Waals surface area contributed by atoms with Crippen molar-refractivity contribution >= 4 is 105 Å². The molecule has 17 unspecified atom stereocenters. The predicted octanol–water partition coefficient (Wildman–Crippen LogP) is 25.0. The van der Waals surface area contributed by atoms with Crippen molar-refractivity contribution in [1.82, 2.24) is 0 Å². The average Bonchev–Trinajstić information content (AvgIpc) is 3.49. The van der Waals surface area contributed by atoms with Crippen molar-refractivity contribution in [1.29, 1.82) is 0 Å². The van der Waals surface area contributed by atoms with E-state index >= 15 is 0 Å². The van der Waals surface area contributed by atoms with Crippen LogP contribution >= 0.6 is 105 Å². The largest absolute Gasteiger partial charge is 0.358 e. The summed E-state index contributed by atoms with van der Waals surface area (Å²) in [6.07, 6.45) is 95.1. The molecule has 0 aliphatic heterocycles. The van der Waals surface area contributed by atoms with Crippen LogP contribution in [0.15, 0.2) is 219 Å². The molecule has 17 atom stereocenters. The maximum absolute atomic E-state index is 5.94. The lowest BCUT2D eigenvalue weighted by atomic mass is 10.1. The Morgan fingerprint density at radius 1 is 0.341 bits per heavy atom. The molecule has 0 amide bonds. The van der Waals surface area contributed by atoms with Gasteiger partial charge < -0.3 is 27.1 Å². The van der Waals surface area contributed by atoms with E-state index in [-0.39, 0.29) is 36.6 Å². The molecule has 480 valence electrons. The lowest BCUT2D eigenvalue weighted by Crippen LogP contribution is -2.03. The summed E-state index contributed by atoms with van der Waals surface area (Å²) in [5.74, 6) is 0.499. The average molecular weight is 1390 g/mol. The predicted molar refractivity (Wildman–Crippen MR) is 424 cm³/mol. The Hall–Kier alpha value is 0.240. The Labute approximate surface area is 546 Å². The zero-order valence-electron chi connectivity index (χ0n) is 52.8. The van der Waals surface area contributed by atoms with Crippen LogP contribution in [0, 0.1) is 5.92 Å². The highest BCUT2D eigenvalue weighted by Crippen LogP contribution is 2.55. The van der Waals surface area contributed by atoms with Crippen molar-refractivity contribution < 1.29 is 27.1 Å². The summed E-state index contributed by atoms with van der Waals surface area (Å²) >= 11 is 0. The highest BCUT2D eigenvalue weighted by molar-refractivity contribution is 8.41. The molecule has 0 rings (SSSR count). The van der Waals surface area contributed by atoms with Gasteiger partial charge in [-0.3, -0.25) is 0 Å². The normalized spacial score (nSPS) is 16.2. The first-order valence-electron chi connectivity index (χ1n) is 30.2. The van der Waals surface area contributed by atoms with Gasteiger partial charge in [0.1, 0.15) is 0 Å². The van der Waals surface area contributed by atoms with E-state index in [2.05, 4.69) is 340 Å². The molecule has 85 heavy (non-hydrogen) atoms. The van der Waals surface area contributed by atoms with Crippen molar-refractivity contribution in [2.75, 3.05) is 0 Å². The minimum Gasteiger partial charge on any atom is -0.358 e. The number of unbranched alkanes of at least 4 members (excludes halogenated alkanes) is 1. The summed E-state index contributed by atoms with van der Waals surface area (Å²) in [5, 5.41) is 0. The smallest absolute Gasteiger partial charge is 0.0844 e. The number of allylic oxidation sites excluding steroid dienone is 26. The van der Waals surface area contributed by atoms with E-state index in [0.29, 0.717) is 22.9 Å². The number of hydrogen-bond donors (Lipinski definition) is 0. The lowest BCUT2D eigenvalue weighted by Gasteiger charge is -2.15. The maximum atomic E-state index is 5.94. The van der Waals surface area contributed by atoms with Crippen LogP contribution in [0.3, 0.4) is 0 Å². The molecular weight excluding hydrogens is 1270 g/mol. The van der Waals surface area contributed by atoms with Gasteiger partial charge in [0.25, 0.3) is 0 Å². The van der Waals surface area contributed by atoms with E-state index in [1.165, 1.54) is 6.42 Å². The summed E-state index contributed by atoms with van der Waals surface area (Å²) < 4.78 is 33.9. The third kappa shape index (κ3) is 71.5. The van der Waals surface area contributed by atoms with Gasteiger partial charge in [-0.05, 0) is 95.8 Å². The molecule has 0 aromatic rings. The molecular formula is C67H116O6P12. The van der Waals surface area contributed by atoms with Crippen molar-refractivity contribution in [2.45, 2.75) is 194 Å². The Kier molecular flexibility index (Phi) is 78.9. The summed E-state index contributed by atoms with van der Waals surface area (Å²) in [6, 6.07) is 0. The fourth-order valence-electron chi connectivity index (χ4n) is 6.84. The summed E-state index contributed by atoms with van der Waals surface area (Å²) in [4.78, 5) is 0. The van der Waals surface area contributed by atoms with E-state index in [1.54, 1.807) is 0 Å². The number of hydrogen-bond acceptors (Lipinski definition) is 6. The molecule has 0 N–H and O–H groups in total. The van der Waals surface area contributed by atoms with Gasteiger partial charge in [0.15, 0.2) is 0 Å². The Balaban J connectivity index is -0.00000119. The van der Waals surface area contributed by atoms with Crippen LogP contribution in [0.5, 0.6) is 0 Å². The molecule has 0 radical (unpaired) electrons. The Bertz CT molecular complexity index is 2030. The third-order valence-electron chi connectivity index (χ3n) is 11.2. The first-order chi connectivity index (χ1) is 41.4. The molecule has 0 aromatic heterocycles. The van der Waals surface area contributed by atoms with Crippen molar-refractivity contribution in [3.05, 3.63) is 219 Å². The second-order valence-electron chi connectivity index (χ2n) is 18.9. The van der Waals surface area contributed by atoms with Crippen LogP contribution in [-0.2, 0) is 27.1 Å². The SMILES string of the molecule is CC/C=C\CC(/C=C/C=C\C/C=C\C/C=C\C=C\C(CCC)OP)OPP.CC/C=C\CC(/C=C/C=C\C/C=C\C=C\C(C/C=C\CCC)OP)OPP.CC/C=C\CC(/C=C/C=C\CC(C)/C=C/C=C/C=C/C(CCC)OP(P)P)OP(P)P. The fourth-order valence-corrected chi connectivity index (χ4v) is 11.9. The van der Waals surface area contributed by atoms with Gasteiger partial charge in [0.05, 0.1) is 51.7 Å². The number of rotatable bonds is 49. The molecule has 0 spiro atoms. The van der Waals surface area contributed by atoms with Crippen LogP contribution in [0.1, 0.15) is 158 Å². The third-order valence-corrected chi connectivity index (χ3v) is 16.1. The molecule has 0 bridgehead atoms. The fraction of sp³-hybridized carbons (Fsp3) is 0.463. The summed E-state index contributed by atoms with van der Waals surface area (Å²) in [7, 11) is 20.7. The topological polar surface area (TPSA) is 55.4 Å². The first-order valence-corrected chi connectivity index (χ1v) is 45.6. The molecule has 0 aliphatic carbocycles. The van der Waals surface area contributed by atoms with Crippen molar-refractivity contribution in [3.8, 4) is 0 Å². The monoisotopic (exact) mass is 1390 g/mol. The maximum Gasteiger partial charge on any atom is 0.0844 e. The van der Waals surface area contributed by atoms with Gasteiger partial charge in [-0.1, -0.05) is 340 Å². The van der Waals surface area contributed by atoms with Gasteiger partial charge >= 0.3 is 0 Å². The molecule has 0 aromatic carbocycles. The zero-order chi connectivity index (χ0) is 63.3. The van der Waals surface area contributed by atoms with Crippen LogP contribution in [0.2, 0.25) is 0 Å². The molecule has 0 saturated carbocycles. The molecule has 0 heterocycles. The van der Waals surface area contributed by atoms with E-state index < -0.39 is 15.1 Å².